The van der Waals surface area contributed by atoms with Gasteiger partial charge in [-0.15, -0.1) is 0 Å². The maximum Gasteiger partial charge on any atom is 0.317 e. The number of rotatable bonds is 6. The van der Waals surface area contributed by atoms with Crippen LogP contribution in [0.3, 0.4) is 0 Å². The molecule has 0 unspecified atom stereocenters. The number of aryl methyl sites for hydroxylation is 1. The molecule has 116 valence electrons. The molecule has 5 nitrogen and oxygen atoms in total. The van der Waals surface area contributed by atoms with Gasteiger partial charge in [0.25, 0.3) is 0 Å². The second-order valence-electron chi connectivity index (χ2n) is 5.37. The molecule has 1 atom stereocenters. The summed E-state index contributed by atoms with van der Waals surface area (Å²) in [7, 11) is 0. The molecule has 1 heterocycles. The van der Waals surface area contributed by atoms with Gasteiger partial charge in [0.15, 0.2) is 0 Å². The van der Waals surface area contributed by atoms with Gasteiger partial charge in [0.2, 0.25) is 0 Å². The Morgan fingerprint density at radius 1 is 1.48 bits per heavy atom. The van der Waals surface area contributed by atoms with E-state index in [1.54, 1.807) is 4.90 Å². The fourth-order valence-corrected chi connectivity index (χ4v) is 2.56. The number of aliphatic hydroxyl groups is 1. The minimum absolute atomic E-state index is 0.0202. The van der Waals surface area contributed by atoms with Crippen molar-refractivity contribution in [2.75, 3.05) is 26.3 Å². The van der Waals surface area contributed by atoms with E-state index in [4.69, 9.17) is 4.74 Å². The number of amides is 2. The van der Waals surface area contributed by atoms with Gasteiger partial charge in [-0.3, -0.25) is 0 Å². The van der Waals surface area contributed by atoms with Crippen molar-refractivity contribution in [1.82, 2.24) is 10.2 Å². The Bertz CT molecular complexity index is 465. The van der Waals surface area contributed by atoms with Crippen molar-refractivity contribution in [3.63, 3.8) is 0 Å². The fraction of sp³-hybridized carbons (Fsp3) is 0.562. The van der Waals surface area contributed by atoms with Crippen molar-refractivity contribution >= 4 is 6.03 Å². The topological polar surface area (TPSA) is 61.8 Å². The van der Waals surface area contributed by atoms with Crippen LogP contribution in [-0.4, -0.2) is 48.4 Å². The van der Waals surface area contributed by atoms with Gasteiger partial charge in [0, 0.05) is 13.1 Å². The molecule has 1 aromatic rings. The Hall–Kier alpha value is -1.75. The van der Waals surface area contributed by atoms with E-state index >= 15 is 0 Å². The highest BCUT2D eigenvalue weighted by molar-refractivity contribution is 5.74. The minimum atomic E-state index is -0.0811. The van der Waals surface area contributed by atoms with Gasteiger partial charge in [-0.25, -0.2) is 4.79 Å². The molecule has 1 aliphatic heterocycles. The first-order valence-corrected chi connectivity index (χ1v) is 7.56. The molecule has 5 heteroatoms. The number of carbonyl (C=O) groups excluding carboxylic acids is 1. The molecule has 0 aromatic heterocycles. The molecule has 0 radical (unpaired) electrons. The highest BCUT2D eigenvalue weighted by Gasteiger charge is 2.27. The van der Waals surface area contributed by atoms with Gasteiger partial charge in [-0.2, -0.15) is 0 Å². The van der Waals surface area contributed by atoms with E-state index in [2.05, 4.69) is 5.32 Å². The first-order valence-electron chi connectivity index (χ1n) is 7.56. The predicted molar refractivity (Wildman–Crippen MR) is 81.5 cm³/mol. The molecule has 0 saturated carbocycles. The average Bonchev–Trinajstić information content (AvgIpc) is 2.97. The van der Waals surface area contributed by atoms with E-state index in [0.29, 0.717) is 13.2 Å². The molecule has 1 fully saturated rings. The summed E-state index contributed by atoms with van der Waals surface area (Å²) < 4.78 is 5.68. The standard InChI is InChI=1S/C16H24N2O3/c1-13-6-2-3-8-15(13)21-11-5-9-17-16(20)18-10-4-7-14(18)12-19/h2-3,6,8,14,19H,4-5,7,9-12H2,1H3,(H,17,20)/t14-/m0/s1. The summed E-state index contributed by atoms with van der Waals surface area (Å²) in [6.45, 7) is 3.95. The Morgan fingerprint density at radius 3 is 3.05 bits per heavy atom. The summed E-state index contributed by atoms with van der Waals surface area (Å²) in [4.78, 5) is 13.7. The lowest BCUT2D eigenvalue weighted by Crippen LogP contribution is -2.44. The van der Waals surface area contributed by atoms with Gasteiger partial charge in [0.05, 0.1) is 19.3 Å². The lowest BCUT2D eigenvalue weighted by atomic mass is 10.2. The first kappa shape index (κ1) is 15.6. The second-order valence-corrected chi connectivity index (χ2v) is 5.37. The van der Waals surface area contributed by atoms with Crippen LogP contribution >= 0.6 is 0 Å². The summed E-state index contributed by atoms with van der Waals surface area (Å²) in [5.41, 5.74) is 1.12. The van der Waals surface area contributed by atoms with Gasteiger partial charge in [0.1, 0.15) is 5.75 Å². The number of nitrogens with one attached hydrogen (secondary N) is 1. The Labute approximate surface area is 125 Å². The molecule has 2 amide bonds. The summed E-state index contributed by atoms with van der Waals surface area (Å²) in [5, 5.41) is 12.1. The number of benzene rings is 1. The van der Waals surface area contributed by atoms with E-state index in [9.17, 15) is 9.90 Å². The number of aliphatic hydroxyl groups excluding tert-OH is 1. The van der Waals surface area contributed by atoms with Crippen molar-refractivity contribution in [1.29, 1.82) is 0 Å². The van der Waals surface area contributed by atoms with Gasteiger partial charge in [-0.05, 0) is 37.8 Å². The molecule has 0 bridgehead atoms. The largest absolute Gasteiger partial charge is 0.493 e. The van der Waals surface area contributed by atoms with E-state index in [-0.39, 0.29) is 18.7 Å². The van der Waals surface area contributed by atoms with Crippen molar-refractivity contribution in [3.8, 4) is 5.75 Å². The third kappa shape index (κ3) is 4.36. The van der Waals surface area contributed by atoms with Crippen LogP contribution in [0.4, 0.5) is 4.79 Å². The molecule has 1 aromatic carbocycles. The zero-order valence-electron chi connectivity index (χ0n) is 12.5. The smallest absolute Gasteiger partial charge is 0.317 e. The molecule has 2 N–H and O–H groups in total. The summed E-state index contributed by atoms with van der Waals surface area (Å²) in [6, 6.07) is 7.79. The van der Waals surface area contributed by atoms with E-state index in [1.165, 1.54) is 0 Å². The second kappa shape index (κ2) is 7.88. The van der Waals surface area contributed by atoms with Crippen LogP contribution in [-0.2, 0) is 0 Å². The number of urea groups is 1. The minimum Gasteiger partial charge on any atom is -0.493 e. The third-order valence-corrected chi connectivity index (χ3v) is 3.80. The molecule has 21 heavy (non-hydrogen) atoms. The Kier molecular flexibility index (Phi) is 5.87. The maximum atomic E-state index is 12.0. The molecular formula is C16H24N2O3. The molecule has 1 aliphatic rings. The summed E-state index contributed by atoms with van der Waals surface area (Å²) in [5.74, 6) is 0.892. The van der Waals surface area contributed by atoms with E-state index < -0.39 is 0 Å². The zero-order valence-corrected chi connectivity index (χ0v) is 12.5. The lowest BCUT2D eigenvalue weighted by molar-refractivity contribution is 0.156. The number of carbonyl (C=O) groups is 1. The molecule has 2 rings (SSSR count). The number of ether oxygens (including phenoxy) is 1. The van der Waals surface area contributed by atoms with Crippen molar-refractivity contribution < 1.29 is 14.6 Å². The van der Waals surface area contributed by atoms with Gasteiger partial charge < -0.3 is 20.1 Å². The van der Waals surface area contributed by atoms with E-state index in [1.807, 2.05) is 31.2 Å². The Balaban J connectivity index is 1.64. The number of likely N-dealkylation sites (tertiary alicyclic amines) is 1. The van der Waals surface area contributed by atoms with Crippen molar-refractivity contribution in [2.45, 2.75) is 32.2 Å². The highest BCUT2D eigenvalue weighted by atomic mass is 16.5. The van der Waals surface area contributed by atoms with Crippen LogP contribution in [0.2, 0.25) is 0 Å². The first-order chi connectivity index (χ1) is 10.2. The van der Waals surface area contributed by atoms with Gasteiger partial charge >= 0.3 is 6.03 Å². The predicted octanol–water partition coefficient (Wildman–Crippen LogP) is 1.93. The summed E-state index contributed by atoms with van der Waals surface area (Å²) in [6.07, 6.45) is 2.62. The zero-order chi connectivity index (χ0) is 15.1. The number of nitrogens with zero attached hydrogens (tertiary/aromatic N) is 1. The van der Waals surface area contributed by atoms with Crippen LogP contribution in [0.15, 0.2) is 24.3 Å². The van der Waals surface area contributed by atoms with Crippen LogP contribution < -0.4 is 10.1 Å². The van der Waals surface area contributed by atoms with Crippen LogP contribution in [0.5, 0.6) is 5.75 Å². The molecule has 1 saturated heterocycles. The third-order valence-electron chi connectivity index (χ3n) is 3.80. The lowest BCUT2D eigenvalue weighted by Gasteiger charge is -2.23. The monoisotopic (exact) mass is 292 g/mol. The highest BCUT2D eigenvalue weighted by Crippen LogP contribution is 2.17. The number of hydrogen-bond donors (Lipinski definition) is 2. The maximum absolute atomic E-state index is 12.0. The molecule has 0 spiro atoms. The van der Waals surface area contributed by atoms with Crippen molar-refractivity contribution in [3.05, 3.63) is 29.8 Å². The average molecular weight is 292 g/mol. The molecule has 0 aliphatic carbocycles. The van der Waals surface area contributed by atoms with E-state index in [0.717, 1.165) is 37.1 Å². The SMILES string of the molecule is Cc1ccccc1OCCCNC(=O)N1CCC[C@H]1CO. The van der Waals surface area contributed by atoms with Gasteiger partial charge in [-0.1, -0.05) is 18.2 Å². The van der Waals surface area contributed by atoms with Crippen molar-refractivity contribution in [2.24, 2.45) is 0 Å². The van der Waals surface area contributed by atoms with Crippen LogP contribution in [0.1, 0.15) is 24.8 Å². The number of para-hydroxylation sites is 1. The van der Waals surface area contributed by atoms with Crippen LogP contribution in [0, 0.1) is 6.92 Å². The van der Waals surface area contributed by atoms with Crippen LogP contribution in [0.25, 0.3) is 0 Å². The number of hydrogen-bond acceptors (Lipinski definition) is 3. The Morgan fingerprint density at radius 2 is 2.29 bits per heavy atom. The fourth-order valence-electron chi connectivity index (χ4n) is 2.56. The quantitative estimate of drug-likeness (QED) is 0.788. The molecular weight excluding hydrogens is 268 g/mol. The normalized spacial score (nSPS) is 17.8. The summed E-state index contributed by atoms with van der Waals surface area (Å²) >= 11 is 0.